The van der Waals surface area contributed by atoms with Crippen molar-refractivity contribution in [2.45, 2.75) is 17.1 Å². The van der Waals surface area contributed by atoms with Gasteiger partial charge in [0, 0.05) is 23.1 Å². The average molecular weight is 472 g/mol. The molecule has 0 amide bonds. The van der Waals surface area contributed by atoms with Gasteiger partial charge in [0.25, 0.3) is 10.0 Å². The summed E-state index contributed by atoms with van der Waals surface area (Å²) < 4.78 is 32.5. The van der Waals surface area contributed by atoms with Gasteiger partial charge in [-0.15, -0.1) is 11.3 Å². The van der Waals surface area contributed by atoms with Gasteiger partial charge >= 0.3 is 5.97 Å². The Morgan fingerprint density at radius 2 is 1.85 bits per heavy atom. The number of halogens is 1. The molecule has 0 bridgehead atoms. The third kappa shape index (κ3) is 4.66. The minimum absolute atomic E-state index is 0.262. The SMILES string of the molecule is O=C(COC(=O)C1CCN(S(=O)(=O)c2cccs2)CC1)c1ccccc1Br. The first-order chi connectivity index (χ1) is 12.9. The largest absolute Gasteiger partial charge is 0.457 e. The lowest BCUT2D eigenvalue weighted by atomic mass is 9.98. The first kappa shape index (κ1) is 20.2. The molecule has 2 heterocycles. The molecule has 2 aromatic rings. The zero-order chi connectivity index (χ0) is 19.4. The number of benzene rings is 1. The number of rotatable bonds is 6. The molecule has 0 spiro atoms. The van der Waals surface area contributed by atoms with Crippen LogP contribution in [0.25, 0.3) is 0 Å². The van der Waals surface area contributed by atoms with Crippen molar-refractivity contribution in [3.05, 3.63) is 51.8 Å². The lowest BCUT2D eigenvalue weighted by Gasteiger charge is -2.29. The number of hydrogen-bond donors (Lipinski definition) is 0. The number of carbonyl (C=O) groups excluding carboxylic acids is 2. The van der Waals surface area contributed by atoms with E-state index in [9.17, 15) is 18.0 Å². The molecule has 6 nitrogen and oxygen atoms in total. The van der Waals surface area contributed by atoms with Gasteiger partial charge in [-0.3, -0.25) is 9.59 Å². The van der Waals surface area contributed by atoms with Gasteiger partial charge in [-0.1, -0.05) is 40.2 Å². The number of carbonyl (C=O) groups is 2. The van der Waals surface area contributed by atoms with E-state index in [0.717, 1.165) is 0 Å². The van der Waals surface area contributed by atoms with E-state index in [0.29, 0.717) is 27.1 Å². The van der Waals surface area contributed by atoms with Crippen LogP contribution in [-0.4, -0.2) is 44.2 Å². The Morgan fingerprint density at radius 1 is 1.15 bits per heavy atom. The summed E-state index contributed by atoms with van der Waals surface area (Å²) in [7, 11) is -3.49. The molecule has 1 aliphatic heterocycles. The molecule has 0 saturated carbocycles. The molecule has 1 fully saturated rings. The van der Waals surface area contributed by atoms with E-state index in [1.54, 1.807) is 41.8 Å². The van der Waals surface area contributed by atoms with Crippen molar-refractivity contribution in [2.24, 2.45) is 5.92 Å². The summed E-state index contributed by atoms with van der Waals surface area (Å²) >= 11 is 4.48. The van der Waals surface area contributed by atoms with E-state index >= 15 is 0 Å². The highest BCUT2D eigenvalue weighted by atomic mass is 79.9. The molecule has 0 radical (unpaired) electrons. The predicted molar refractivity (Wildman–Crippen MR) is 105 cm³/mol. The lowest BCUT2D eigenvalue weighted by molar-refractivity contribution is -0.148. The smallest absolute Gasteiger partial charge is 0.309 e. The van der Waals surface area contributed by atoms with Crippen molar-refractivity contribution in [2.75, 3.05) is 19.7 Å². The second-order valence-electron chi connectivity index (χ2n) is 6.12. The molecular formula is C18H18BrNO5S2. The van der Waals surface area contributed by atoms with Crippen LogP contribution in [0.2, 0.25) is 0 Å². The second-order valence-corrected chi connectivity index (χ2v) is 10.1. The first-order valence-electron chi connectivity index (χ1n) is 8.37. The number of sulfonamides is 1. The molecule has 3 rings (SSSR count). The van der Waals surface area contributed by atoms with Crippen molar-refractivity contribution in [3.63, 3.8) is 0 Å². The normalized spacial score (nSPS) is 16.2. The molecule has 0 aliphatic carbocycles. The molecule has 1 aromatic heterocycles. The van der Waals surface area contributed by atoms with Gasteiger partial charge in [-0.25, -0.2) is 8.42 Å². The molecule has 1 aliphatic rings. The molecule has 1 saturated heterocycles. The van der Waals surface area contributed by atoms with Crippen molar-refractivity contribution < 1.29 is 22.7 Å². The summed E-state index contributed by atoms with van der Waals surface area (Å²) in [4.78, 5) is 24.4. The fourth-order valence-corrected chi connectivity index (χ4v) is 6.01. The topological polar surface area (TPSA) is 80.8 Å². The summed E-state index contributed by atoms with van der Waals surface area (Å²) in [6, 6.07) is 10.2. The molecule has 1 aromatic carbocycles. The standard InChI is InChI=1S/C18H18BrNO5S2/c19-15-5-2-1-4-14(15)16(21)12-25-18(22)13-7-9-20(10-8-13)27(23,24)17-6-3-11-26-17/h1-6,11,13H,7-10,12H2. The van der Waals surface area contributed by atoms with Gasteiger partial charge in [-0.2, -0.15) is 4.31 Å². The molecule has 27 heavy (non-hydrogen) atoms. The van der Waals surface area contributed by atoms with Gasteiger partial charge < -0.3 is 4.74 Å². The van der Waals surface area contributed by atoms with Crippen molar-refractivity contribution in [3.8, 4) is 0 Å². The fourth-order valence-electron chi connectivity index (χ4n) is 2.89. The van der Waals surface area contributed by atoms with Gasteiger partial charge in [0.15, 0.2) is 6.61 Å². The second kappa shape index (κ2) is 8.64. The third-order valence-corrected chi connectivity index (χ3v) is 8.36. The number of piperidine rings is 1. The summed E-state index contributed by atoms with van der Waals surface area (Å²) in [6.45, 7) is 0.200. The number of nitrogens with zero attached hydrogens (tertiary/aromatic N) is 1. The van der Waals surface area contributed by atoms with Crippen LogP contribution in [0.15, 0.2) is 50.5 Å². The highest BCUT2D eigenvalue weighted by molar-refractivity contribution is 9.10. The summed E-state index contributed by atoms with van der Waals surface area (Å²) in [5, 5.41) is 1.72. The number of ether oxygens (including phenoxy) is 1. The molecule has 144 valence electrons. The van der Waals surface area contributed by atoms with Crippen LogP contribution < -0.4 is 0 Å². The quantitative estimate of drug-likeness (QED) is 0.476. The van der Waals surface area contributed by atoms with Crippen LogP contribution in [0.3, 0.4) is 0 Å². The number of ketones is 1. The predicted octanol–water partition coefficient (Wildman–Crippen LogP) is 3.34. The maximum atomic E-state index is 12.5. The highest BCUT2D eigenvalue weighted by Gasteiger charge is 2.33. The Morgan fingerprint density at radius 3 is 2.48 bits per heavy atom. The van der Waals surface area contributed by atoms with Crippen molar-refractivity contribution >= 4 is 49.0 Å². The number of Topliss-reactive ketones (excluding diaryl/α,β-unsaturated/α-hetero) is 1. The van der Waals surface area contributed by atoms with Gasteiger partial charge in [-0.05, 0) is 30.4 Å². The monoisotopic (exact) mass is 471 g/mol. The Labute approximate surface area is 170 Å². The van der Waals surface area contributed by atoms with Gasteiger partial charge in [0.2, 0.25) is 5.78 Å². The van der Waals surface area contributed by atoms with Crippen LogP contribution in [0.5, 0.6) is 0 Å². The number of hydrogen-bond acceptors (Lipinski definition) is 6. The minimum atomic E-state index is -3.49. The maximum absolute atomic E-state index is 12.5. The average Bonchev–Trinajstić information content (AvgIpc) is 3.22. The van der Waals surface area contributed by atoms with Crippen LogP contribution in [0.4, 0.5) is 0 Å². The van der Waals surface area contributed by atoms with E-state index in [1.807, 2.05) is 0 Å². The first-order valence-corrected chi connectivity index (χ1v) is 11.5. The zero-order valence-corrected chi connectivity index (χ0v) is 17.6. The summed E-state index contributed by atoms with van der Waals surface area (Å²) in [5.41, 5.74) is 0.460. The maximum Gasteiger partial charge on any atom is 0.309 e. The summed E-state index contributed by atoms with van der Waals surface area (Å²) in [5.74, 6) is -1.14. The molecule has 0 unspecified atom stereocenters. The van der Waals surface area contributed by atoms with Crippen molar-refractivity contribution in [1.29, 1.82) is 0 Å². The van der Waals surface area contributed by atoms with Gasteiger partial charge in [0.1, 0.15) is 4.21 Å². The number of thiophene rings is 1. The Hall–Kier alpha value is -1.55. The molecule has 0 atom stereocenters. The van der Waals surface area contributed by atoms with Crippen LogP contribution in [-0.2, 0) is 19.6 Å². The van der Waals surface area contributed by atoms with E-state index < -0.39 is 21.9 Å². The lowest BCUT2D eigenvalue weighted by Crippen LogP contribution is -2.40. The molecule has 9 heteroatoms. The van der Waals surface area contributed by atoms with E-state index in [1.165, 1.54) is 15.6 Å². The van der Waals surface area contributed by atoms with E-state index in [2.05, 4.69) is 15.9 Å². The zero-order valence-electron chi connectivity index (χ0n) is 14.3. The van der Waals surface area contributed by atoms with Crippen LogP contribution in [0.1, 0.15) is 23.2 Å². The highest BCUT2D eigenvalue weighted by Crippen LogP contribution is 2.27. The van der Waals surface area contributed by atoms with Crippen LogP contribution >= 0.6 is 27.3 Å². The molecule has 0 N–H and O–H groups in total. The Kier molecular flexibility index (Phi) is 6.46. The van der Waals surface area contributed by atoms with Gasteiger partial charge in [0.05, 0.1) is 5.92 Å². The number of esters is 1. The van der Waals surface area contributed by atoms with E-state index in [-0.39, 0.29) is 25.5 Å². The Balaban J connectivity index is 1.52. The van der Waals surface area contributed by atoms with Crippen molar-refractivity contribution in [1.82, 2.24) is 4.31 Å². The minimum Gasteiger partial charge on any atom is -0.457 e. The van der Waals surface area contributed by atoms with Crippen LogP contribution in [0, 0.1) is 5.92 Å². The van der Waals surface area contributed by atoms with E-state index in [4.69, 9.17) is 4.74 Å². The fraction of sp³-hybridized carbons (Fsp3) is 0.333. The summed E-state index contributed by atoms with van der Waals surface area (Å²) in [6.07, 6.45) is 0.763. The molecular weight excluding hydrogens is 454 g/mol. The third-order valence-electron chi connectivity index (χ3n) is 4.40. The Bertz CT molecular complexity index is 919.